The highest BCUT2D eigenvalue weighted by Gasteiger charge is 2.41. The van der Waals surface area contributed by atoms with Gasteiger partial charge in [0.15, 0.2) is 0 Å². The molecule has 1 aliphatic carbocycles. The number of hydrogen-bond donors (Lipinski definition) is 1. The Hall–Kier alpha value is -2.41. The lowest BCUT2D eigenvalue weighted by Crippen LogP contribution is -2.47. The van der Waals surface area contributed by atoms with Crippen LogP contribution in [-0.4, -0.2) is 51.0 Å². The first-order valence-corrected chi connectivity index (χ1v) is 8.41. The molecular weight excluding hydrogens is 306 g/mol. The Morgan fingerprint density at radius 2 is 1.88 bits per heavy atom. The predicted molar refractivity (Wildman–Crippen MR) is 87.1 cm³/mol. The molecule has 2 heterocycles. The van der Waals surface area contributed by atoms with Gasteiger partial charge in [-0.05, 0) is 44.4 Å². The lowest BCUT2D eigenvalue weighted by molar-refractivity contribution is -0.133. The predicted octanol–water partition coefficient (Wildman–Crippen LogP) is 1.16. The van der Waals surface area contributed by atoms with Crippen molar-refractivity contribution in [1.29, 1.82) is 0 Å². The van der Waals surface area contributed by atoms with E-state index in [1.807, 2.05) is 12.1 Å². The minimum Gasteiger partial charge on any atom is -0.316 e. The molecule has 0 bridgehead atoms. The van der Waals surface area contributed by atoms with Gasteiger partial charge in [-0.15, -0.1) is 10.2 Å². The minimum atomic E-state index is -0.425. The van der Waals surface area contributed by atoms with Crippen molar-refractivity contribution in [2.45, 2.75) is 31.7 Å². The van der Waals surface area contributed by atoms with E-state index in [1.165, 1.54) is 4.90 Å². The van der Waals surface area contributed by atoms with E-state index < -0.39 is 5.91 Å². The second-order valence-electron chi connectivity index (χ2n) is 6.41. The molecule has 2 amide bonds. The highest BCUT2D eigenvalue weighted by molar-refractivity contribution is 6.04. The maximum atomic E-state index is 12.9. The Bertz CT molecular complexity index is 783. The number of nitrogens with zero attached hydrogens (tertiary/aromatic N) is 4. The molecule has 1 aliphatic heterocycles. The van der Waals surface area contributed by atoms with Crippen LogP contribution < -0.4 is 5.32 Å². The summed E-state index contributed by atoms with van der Waals surface area (Å²) in [6, 6.07) is 7.25. The molecule has 2 aliphatic rings. The van der Waals surface area contributed by atoms with Crippen LogP contribution in [0.4, 0.5) is 0 Å². The van der Waals surface area contributed by atoms with Crippen molar-refractivity contribution >= 4 is 22.8 Å². The molecule has 0 radical (unpaired) electrons. The summed E-state index contributed by atoms with van der Waals surface area (Å²) in [4.78, 5) is 31.4. The highest BCUT2D eigenvalue weighted by Crippen LogP contribution is 2.30. The first-order valence-electron chi connectivity index (χ1n) is 8.41. The van der Waals surface area contributed by atoms with Gasteiger partial charge in [-0.3, -0.25) is 14.5 Å². The number of rotatable bonds is 3. The lowest BCUT2D eigenvalue weighted by Gasteiger charge is -2.28. The van der Waals surface area contributed by atoms with Gasteiger partial charge in [-0.25, -0.2) is 4.98 Å². The Morgan fingerprint density at radius 1 is 1.08 bits per heavy atom. The molecule has 24 heavy (non-hydrogen) atoms. The van der Waals surface area contributed by atoms with Gasteiger partial charge in [0, 0.05) is 12.6 Å². The molecule has 7 nitrogen and oxygen atoms in total. The van der Waals surface area contributed by atoms with Crippen LogP contribution in [0.1, 0.15) is 36.3 Å². The largest absolute Gasteiger partial charge is 0.316 e. The third-order valence-electron chi connectivity index (χ3n) is 4.57. The molecule has 124 valence electrons. The van der Waals surface area contributed by atoms with Crippen molar-refractivity contribution in [1.82, 2.24) is 25.4 Å². The summed E-state index contributed by atoms with van der Waals surface area (Å²) in [6.07, 6.45) is 3.49. The maximum Gasteiger partial charge on any atom is 0.300 e. The highest BCUT2D eigenvalue weighted by atomic mass is 16.2. The number of carbonyl (C=O) groups excluding carboxylic acids is 2. The summed E-state index contributed by atoms with van der Waals surface area (Å²) in [5.41, 5.74) is 1.24. The maximum absolute atomic E-state index is 12.9. The number of amides is 2. The van der Waals surface area contributed by atoms with Gasteiger partial charge in [-0.1, -0.05) is 12.1 Å². The first kappa shape index (κ1) is 15.1. The van der Waals surface area contributed by atoms with Crippen LogP contribution in [0.2, 0.25) is 0 Å². The number of para-hydroxylation sites is 1. The van der Waals surface area contributed by atoms with Gasteiger partial charge in [0.25, 0.3) is 5.91 Å². The van der Waals surface area contributed by atoms with Gasteiger partial charge in [0.05, 0.1) is 11.4 Å². The number of piperidine rings is 1. The number of nitrogens with one attached hydrogen (secondary N) is 1. The molecule has 1 N–H and O–H groups in total. The van der Waals surface area contributed by atoms with Crippen molar-refractivity contribution < 1.29 is 9.59 Å². The number of imide groups is 1. The molecule has 1 unspecified atom stereocenters. The Kier molecular flexibility index (Phi) is 3.93. The zero-order valence-corrected chi connectivity index (χ0v) is 13.3. The Morgan fingerprint density at radius 3 is 2.58 bits per heavy atom. The minimum absolute atomic E-state index is 0.00211. The van der Waals surface area contributed by atoms with E-state index in [0.29, 0.717) is 17.6 Å². The van der Waals surface area contributed by atoms with Crippen LogP contribution in [0, 0.1) is 5.92 Å². The van der Waals surface area contributed by atoms with Crippen molar-refractivity contribution in [3.63, 3.8) is 0 Å². The molecule has 1 aromatic heterocycles. The summed E-state index contributed by atoms with van der Waals surface area (Å²) in [5.74, 6) is -0.674. The van der Waals surface area contributed by atoms with Crippen molar-refractivity contribution in [2.75, 3.05) is 13.1 Å². The van der Waals surface area contributed by atoms with Gasteiger partial charge < -0.3 is 5.32 Å². The quantitative estimate of drug-likeness (QED) is 0.852. The molecule has 1 saturated carbocycles. The molecule has 1 aromatic carbocycles. The Balaban J connectivity index is 1.62. The van der Waals surface area contributed by atoms with Crippen molar-refractivity contribution in [3.05, 3.63) is 30.1 Å². The number of fused-ring (bicyclic) bond motifs is 1. The number of aromatic nitrogens is 3. The molecule has 2 fully saturated rings. The van der Waals surface area contributed by atoms with Crippen LogP contribution in [0.25, 0.3) is 11.0 Å². The summed E-state index contributed by atoms with van der Waals surface area (Å²) in [6.45, 7) is 1.56. The molecule has 4 rings (SSSR count). The molecule has 0 spiro atoms. The van der Waals surface area contributed by atoms with Gasteiger partial charge >= 0.3 is 0 Å². The van der Waals surface area contributed by atoms with E-state index in [4.69, 9.17) is 0 Å². The summed E-state index contributed by atoms with van der Waals surface area (Å²) in [5, 5.41) is 11.2. The second kappa shape index (κ2) is 6.24. The van der Waals surface area contributed by atoms with E-state index >= 15 is 0 Å². The summed E-state index contributed by atoms with van der Waals surface area (Å²) >= 11 is 0. The topological polar surface area (TPSA) is 88.1 Å². The van der Waals surface area contributed by atoms with Crippen molar-refractivity contribution in [3.8, 4) is 0 Å². The van der Waals surface area contributed by atoms with E-state index in [1.54, 1.807) is 12.1 Å². The fourth-order valence-corrected chi connectivity index (χ4v) is 3.12. The van der Waals surface area contributed by atoms with E-state index in [2.05, 4.69) is 20.5 Å². The first-order chi connectivity index (χ1) is 11.7. The monoisotopic (exact) mass is 325 g/mol. The molecule has 1 saturated heterocycles. The SMILES string of the molecule is O=C(c1nnc2ccccc2n1)N(C(=O)C1CCCNC1)C1CC1. The average molecular weight is 325 g/mol. The fraction of sp³-hybridized carbons (Fsp3) is 0.471. The van der Waals surface area contributed by atoms with E-state index in [9.17, 15) is 9.59 Å². The fourth-order valence-electron chi connectivity index (χ4n) is 3.12. The smallest absolute Gasteiger partial charge is 0.300 e. The van der Waals surface area contributed by atoms with Gasteiger partial charge in [0.2, 0.25) is 11.7 Å². The average Bonchev–Trinajstić information content (AvgIpc) is 3.47. The second-order valence-corrected chi connectivity index (χ2v) is 6.41. The summed E-state index contributed by atoms with van der Waals surface area (Å²) in [7, 11) is 0. The normalized spacial score (nSPS) is 20.8. The van der Waals surface area contributed by atoms with Crippen molar-refractivity contribution in [2.24, 2.45) is 5.92 Å². The number of hydrogen-bond acceptors (Lipinski definition) is 6. The van der Waals surface area contributed by atoms with E-state index in [0.717, 1.165) is 32.2 Å². The third kappa shape index (κ3) is 2.87. The van der Waals surface area contributed by atoms with Crippen LogP contribution in [0.3, 0.4) is 0 Å². The molecule has 2 aromatic rings. The third-order valence-corrected chi connectivity index (χ3v) is 4.57. The molecule has 1 atom stereocenters. The van der Waals surface area contributed by atoms with Crippen LogP contribution in [0.5, 0.6) is 0 Å². The van der Waals surface area contributed by atoms with Crippen LogP contribution in [-0.2, 0) is 4.79 Å². The lowest BCUT2D eigenvalue weighted by atomic mass is 9.98. The van der Waals surface area contributed by atoms with Crippen LogP contribution >= 0.6 is 0 Å². The zero-order valence-electron chi connectivity index (χ0n) is 13.3. The van der Waals surface area contributed by atoms with E-state index in [-0.39, 0.29) is 23.7 Å². The zero-order chi connectivity index (χ0) is 16.5. The summed E-state index contributed by atoms with van der Waals surface area (Å²) < 4.78 is 0. The standard InChI is InChI=1S/C17H19N5O2/c23-16(11-4-3-9-18-10-11)22(12-7-8-12)17(24)15-19-13-5-1-2-6-14(13)20-21-15/h1-2,5-6,11-12,18H,3-4,7-10H2. The van der Waals surface area contributed by atoms with Gasteiger partial charge in [-0.2, -0.15) is 0 Å². The number of carbonyl (C=O) groups is 2. The number of benzene rings is 1. The van der Waals surface area contributed by atoms with Gasteiger partial charge in [0.1, 0.15) is 5.52 Å². The molecule has 7 heteroatoms. The molecular formula is C17H19N5O2. The Labute approximate surface area is 139 Å². The van der Waals surface area contributed by atoms with Crippen LogP contribution in [0.15, 0.2) is 24.3 Å².